The molecule has 0 spiro atoms. The average molecular weight is 372 g/mol. The van der Waals surface area contributed by atoms with Crippen molar-refractivity contribution in [1.29, 1.82) is 0 Å². The second-order valence-electron chi connectivity index (χ2n) is 5.14. The summed E-state index contributed by atoms with van der Waals surface area (Å²) in [5.41, 5.74) is 1.38. The van der Waals surface area contributed by atoms with Gasteiger partial charge in [-0.2, -0.15) is 11.3 Å². The van der Waals surface area contributed by atoms with Crippen molar-refractivity contribution in [3.05, 3.63) is 68.5 Å². The van der Waals surface area contributed by atoms with Crippen molar-refractivity contribution in [3.8, 4) is 5.75 Å². The Morgan fingerprint density at radius 3 is 2.56 bits per heavy atom. The van der Waals surface area contributed by atoms with E-state index in [4.69, 9.17) is 4.74 Å². The lowest BCUT2D eigenvalue weighted by molar-refractivity contribution is 0.104. The summed E-state index contributed by atoms with van der Waals surface area (Å²) in [7, 11) is 1.59. The van der Waals surface area contributed by atoms with Gasteiger partial charge in [-0.05, 0) is 47.8 Å². The maximum Gasteiger partial charge on any atom is 0.319 e. The number of hydrogen-bond donors (Lipinski definition) is 2. The lowest BCUT2D eigenvalue weighted by Crippen LogP contribution is -2.27. The molecule has 2 N–H and O–H groups in total. The van der Waals surface area contributed by atoms with Crippen LogP contribution in [0.25, 0.3) is 0 Å². The van der Waals surface area contributed by atoms with Gasteiger partial charge in [0.15, 0.2) is 0 Å². The number of ketones is 1. The second-order valence-corrected chi connectivity index (χ2v) is 7.09. The van der Waals surface area contributed by atoms with Gasteiger partial charge < -0.3 is 15.4 Å². The fourth-order valence-corrected chi connectivity index (χ4v) is 3.69. The van der Waals surface area contributed by atoms with E-state index >= 15 is 0 Å². The Balaban J connectivity index is 1.53. The molecule has 2 heterocycles. The zero-order valence-corrected chi connectivity index (χ0v) is 15.1. The zero-order chi connectivity index (χ0) is 17.6. The normalized spacial score (nSPS) is 10.3. The minimum Gasteiger partial charge on any atom is -0.497 e. The number of urea groups is 1. The Morgan fingerprint density at radius 2 is 1.88 bits per heavy atom. The van der Waals surface area contributed by atoms with Crippen LogP contribution in [-0.4, -0.2) is 18.9 Å². The highest BCUT2D eigenvalue weighted by molar-refractivity contribution is 7.14. The summed E-state index contributed by atoms with van der Waals surface area (Å²) < 4.78 is 5.07. The Morgan fingerprint density at radius 1 is 1.08 bits per heavy atom. The fraction of sp³-hybridized carbons (Fsp3) is 0.111. The van der Waals surface area contributed by atoms with E-state index in [0.29, 0.717) is 22.7 Å². The van der Waals surface area contributed by atoms with Crippen LogP contribution in [0.3, 0.4) is 0 Å². The first-order valence-corrected chi connectivity index (χ1v) is 9.26. The first-order valence-electron chi connectivity index (χ1n) is 7.50. The second kappa shape index (κ2) is 7.96. The molecule has 0 fully saturated rings. The summed E-state index contributed by atoms with van der Waals surface area (Å²) in [6.45, 7) is 0.365. The summed E-state index contributed by atoms with van der Waals surface area (Å²) in [6.07, 6.45) is 0. The molecule has 0 bridgehead atoms. The minimum atomic E-state index is -0.302. The molecule has 0 radical (unpaired) electrons. The lowest BCUT2D eigenvalue weighted by Gasteiger charge is -2.07. The summed E-state index contributed by atoms with van der Waals surface area (Å²) in [6, 6.07) is 12.2. The highest BCUT2D eigenvalue weighted by Gasteiger charge is 2.12. The van der Waals surface area contributed by atoms with Gasteiger partial charge >= 0.3 is 6.03 Å². The van der Waals surface area contributed by atoms with E-state index in [-0.39, 0.29) is 11.8 Å². The summed E-state index contributed by atoms with van der Waals surface area (Å²) in [4.78, 5) is 25.8. The number of benzene rings is 1. The molecular formula is C18H16N2O3S2. The monoisotopic (exact) mass is 372 g/mol. The van der Waals surface area contributed by atoms with Crippen molar-refractivity contribution in [1.82, 2.24) is 5.32 Å². The Bertz CT molecular complexity index is 855. The van der Waals surface area contributed by atoms with Crippen LogP contribution in [0.1, 0.15) is 20.1 Å². The molecule has 0 saturated heterocycles. The fourth-order valence-electron chi connectivity index (χ4n) is 2.15. The Hall–Kier alpha value is -2.64. The lowest BCUT2D eigenvalue weighted by atomic mass is 10.2. The molecule has 1 aromatic carbocycles. The smallest absolute Gasteiger partial charge is 0.319 e. The van der Waals surface area contributed by atoms with Crippen molar-refractivity contribution in [2.75, 3.05) is 12.4 Å². The van der Waals surface area contributed by atoms with Crippen LogP contribution >= 0.6 is 22.7 Å². The number of carbonyl (C=O) groups is 2. The van der Waals surface area contributed by atoms with E-state index in [9.17, 15) is 9.59 Å². The maximum absolute atomic E-state index is 12.3. The third-order valence-electron chi connectivity index (χ3n) is 3.44. The highest BCUT2D eigenvalue weighted by Crippen LogP contribution is 2.21. The summed E-state index contributed by atoms with van der Waals surface area (Å²) >= 11 is 2.89. The van der Waals surface area contributed by atoms with E-state index in [0.717, 1.165) is 10.6 Å². The molecule has 128 valence electrons. The van der Waals surface area contributed by atoms with E-state index in [1.165, 1.54) is 22.7 Å². The van der Waals surface area contributed by atoms with E-state index in [1.807, 2.05) is 22.9 Å². The number of ether oxygens (including phenoxy) is 1. The zero-order valence-electron chi connectivity index (χ0n) is 13.4. The van der Waals surface area contributed by atoms with Crippen molar-refractivity contribution in [2.45, 2.75) is 6.54 Å². The van der Waals surface area contributed by atoms with Crippen LogP contribution in [0.4, 0.5) is 10.5 Å². The van der Waals surface area contributed by atoms with E-state index in [1.54, 1.807) is 37.4 Å². The molecule has 3 aromatic rings. The first kappa shape index (κ1) is 17.2. The summed E-state index contributed by atoms with van der Waals surface area (Å²) in [5, 5.41) is 9.25. The molecule has 5 nitrogen and oxygen atoms in total. The molecule has 2 amide bonds. The Labute approximate surface area is 153 Å². The van der Waals surface area contributed by atoms with Gasteiger partial charge in [0.1, 0.15) is 5.75 Å². The standard InChI is InChI=1S/C18H16N2O3S2/c1-23-14-4-2-13(3-5-14)20-18(22)19-10-15-6-7-16(25-15)17(21)12-8-9-24-11-12/h2-9,11H,10H2,1H3,(H2,19,20,22). The number of rotatable bonds is 6. The maximum atomic E-state index is 12.3. The molecular weight excluding hydrogens is 356 g/mol. The van der Waals surface area contributed by atoms with Gasteiger partial charge in [-0.15, -0.1) is 11.3 Å². The number of amides is 2. The molecule has 3 rings (SSSR count). The highest BCUT2D eigenvalue weighted by atomic mass is 32.1. The number of methoxy groups -OCH3 is 1. The molecule has 0 unspecified atom stereocenters. The van der Waals surface area contributed by atoms with Crippen LogP contribution in [0.2, 0.25) is 0 Å². The van der Waals surface area contributed by atoms with Gasteiger partial charge in [0.25, 0.3) is 0 Å². The molecule has 0 aliphatic heterocycles. The van der Waals surface area contributed by atoms with E-state index < -0.39 is 0 Å². The van der Waals surface area contributed by atoms with Gasteiger partial charge in [-0.1, -0.05) is 0 Å². The Kier molecular flexibility index (Phi) is 5.47. The van der Waals surface area contributed by atoms with Gasteiger partial charge in [-0.3, -0.25) is 4.79 Å². The van der Waals surface area contributed by atoms with Gasteiger partial charge in [0.05, 0.1) is 18.5 Å². The quantitative estimate of drug-likeness (QED) is 0.631. The molecule has 2 aromatic heterocycles. The molecule has 0 saturated carbocycles. The topological polar surface area (TPSA) is 67.4 Å². The van der Waals surface area contributed by atoms with Crippen LogP contribution in [0.15, 0.2) is 53.2 Å². The van der Waals surface area contributed by atoms with Crippen LogP contribution < -0.4 is 15.4 Å². The van der Waals surface area contributed by atoms with Gasteiger partial charge in [0.2, 0.25) is 5.78 Å². The summed E-state index contributed by atoms with van der Waals surface area (Å²) in [5.74, 6) is 0.743. The van der Waals surface area contributed by atoms with Crippen molar-refractivity contribution in [3.63, 3.8) is 0 Å². The molecule has 0 atom stereocenters. The van der Waals surface area contributed by atoms with Gasteiger partial charge in [0, 0.05) is 21.5 Å². The number of anilines is 1. The molecule has 7 heteroatoms. The van der Waals surface area contributed by atoms with Crippen molar-refractivity contribution in [2.24, 2.45) is 0 Å². The minimum absolute atomic E-state index is 0.0141. The molecule has 25 heavy (non-hydrogen) atoms. The predicted molar refractivity (Wildman–Crippen MR) is 101 cm³/mol. The van der Waals surface area contributed by atoms with Gasteiger partial charge in [-0.25, -0.2) is 4.79 Å². The van der Waals surface area contributed by atoms with Crippen LogP contribution in [0, 0.1) is 0 Å². The number of hydrogen-bond acceptors (Lipinski definition) is 5. The third kappa shape index (κ3) is 4.46. The first-order chi connectivity index (χ1) is 12.2. The van der Waals surface area contributed by atoms with E-state index in [2.05, 4.69) is 10.6 Å². The van der Waals surface area contributed by atoms with Crippen LogP contribution in [-0.2, 0) is 6.54 Å². The van der Waals surface area contributed by atoms with Crippen molar-refractivity contribution < 1.29 is 14.3 Å². The van der Waals surface area contributed by atoms with Crippen LogP contribution in [0.5, 0.6) is 5.75 Å². The number of thiophene rings is 2. The number of carbonyl (C=O) groups excluding carboxylic acids is 2. The largest absolute Gasteiger partial charge is 0.497 e. The third-order valence-corrected chi connectivity index (χ3v) is 5.21. The van der Waals surface area contributed by atoms with Crippen molar-refractivity contribution >= 4 is 40.2 Å². The average Bonchev–Trinajstić information content (AvgIpc) is 3.32. The predicted octanol–water partition coefficient (Wildman–Crippen LogP) is 4.37. The SMILES string of the molecule is COc1ccc(NC(=O)NCc2ccc(C(=O)c3ccsc3)s2)cc1. The molecule has 0 aliphatic carbocycles. The number of nitrogens with one attached hydrogen (secondary N) is 2. The molecule has 0 aliphatic rings.